The molecule has 1 N–H and O–H groups in total. The molecule has 1 saturated carbocycles. The fraction of sp³-hybridized carbons (Fsp3) is 0.933. The van der Waals surface area contributed by atoms with Gasteiger partial charge < -0.3 is 15.0 Å². The lowest BCUT2D eigenvalue weighted by atomic mass is 10.1. The summed E-state index contributed by atoms with van der Waals surface area (Å²) in [5.41, 5.74) is 0. The Morgan fingerprint density at radius 1 is 1.35 bits per heavy atom. The SMILES string of the molecule is COCCN(C(=O)C(C)N1CCNCC1)C(C)C1CC1. The highest BCUT2D eigenvalue weighted by molar-refractivity contribution is 5.81. The maximum atomic E-state index is 12.8. The van der Waals surface area contributed by atoms with Crippen LogP contribution < -0.4 is 5.32 Å². The van der Waals surface area contributed by atoms with E-state index in [9.17, 15) is 4.79 Å². The van der Waals surface area contributed by atoms with E-state index in [1.54, 1.807) is 7.11 Å². The van der Waals surface area contributed by atoms with Gasteiger partial charge in [-0.05, 0) is 32.6 Å². The Kier molecular flexibility index (Phi) is 5.81. The minimum atomic E-state index is -0.0184. The Morgan fingerprint density at radius 3 is 2.55 bits per heavy atom. The number of rotatable bonds is 7. The topological polar surface area (TPSA) is 44.8 Å². The Hall–Kier alpha value is -0.650. The Balaban J connectivity index is 1.96. The largest absolute Gasteiger partial charge is 0.383 e. The van der Waals surface area contributed by atoms with Gasteiger partial charge in [0.25, 0.3) is 0 Å². The summed E-state index contributed by atoms with van der Waals surface area (Å²) in [6, 6.07) is 0.332. The fourth-order valence-corrected chi connectivity index (χ4v) is 3.00. The third-order valence-electron chi connectivity index (χ3n) is 4.67. The number of amides is 1. The molecule has 5 nitrogen and oxygen atoms in total. The molecule has 1 amide bonds. The van der Waals surface area contributed by atoms with Crippen LogP contribution in [0.2, 0.25) is 0 Å². The summed E-state index contributed by atoms with van der Waals surface area (Å²) < 4.78 is 5.18. The second-order valence-corrected chi connectivity index (χ2v) is 6.06. The van der Waals surface area contributed by atoms with Crippen LogP contribution in [0.15, 0.2) is 0 Å². The van der Waals surface area contributed by atoms with Crippen LogP contribution in [0.25, 0.3) is 0 Å². The van der Waals surface area contributed by atoms with Gasteiger partial charge in [0, 0.05) is 45.9 Å². The van der Waals surface area contributed by atoms with Gasteiger partial charge in [-0.15, -0.1) is 0 Å². The molecule has 2 unspecified atom stereocenters. The second-order valence-electron chi connectivity index (χ2n) is 6.06. The van der Waals surface area contributed by atoms with Gasteiger partial charge in [0.2, 0.25) is 5.91 Å². The van der Waals surface area contributed by atoms with Gasteiger partial charge in [0.15, 0.2) is 0 Å². The van der Waals surface area contributed by atoms with Gasteiger partial charge in [-0.3, -0.25) is 9.69 Å². The van der Waals surface area contributed by atoms with Crippen LogP contribution in [-0.2, 0) is 9.53 Å². The number of carbonyl (C=O) groups excluding carboxylic acids is 1. The molecule has 20 heavy (non-hydrogen) atoms. The maximum absolute atomic E-state index is 12.8. The molecular weight excluding hydrogens is 254 g/mol. The minimum Gasteiger partial charge on any atom is -0.383 e. The van der Waals surface area contributed by atoms with Crippen molar-refractivity contribution in [1.29, 1.82) is 0 Å². The van der Waals surface area contributed by atoms with E-state index in [2.05, 4.69) is 17.1 Å². The number of methoxy groups -OCH3 is 1. The monoisotopic (exact) mass is 283 g/mol. The molecule has 2 rings (SSSR count). The minimum absolute atomic E-state index is 0.0184. The molecule has 1 aliphatic carbocycles. The van der Waals surface area contributed by atoms with E-state index >= 15 is 0 Å². The van der Waals surface area contributed by atoms with Crippen LogP contribution in [0, 0.1) is 5.92 Å². The van der Waals surface area contributed by atoms with Crippen LogP contribution in [0.5, 0.6) is 0 Å². The van der Waals surface area contributed by atoms with Crippen LogP contribution in [0.3, 0.4) is 0 Å². The predicted molar refractivity (Wildman–Crippen MR) is 79.7 cm³/mol. The Morgan fingerprint density at radius 2 is 2.00 bits per heavy atom. The molecule has 0 radical (unpaired) electrons. The maximum Gasteiger partial charge on any atom is 0.239 e. The average molecular weight is 283 g/mol. The van der Waals surface area contributed by atoms with E-state index < -0.39 is 0 Å². The van der Waals surface area contributed by atoms with Crippen molar-refractivity contribution < 1.29 is 9.53 Å². The van der Waals surface area contributed by atoms with Crippen molar-refractivity contribution in [3.8, 4) is 0 Å². The molecule has 1 saturated heterocycles. The van der Waals surface area contributed by atoms with Crippen LogP contribution >= 0.6 is 0 Å². The molecule has 2 aliphatic rings. The highest BCUT2D eigenvalue weighted by Gasteiger charge is 2.36. The van der Waals surface area contributed by atoms with Gasteiger partial charge in [0.05, 0.1) is 12.6 Å². The number of ether oxygens (including phenoxy) is 1. The first-order valence-corrected chi connectivity index (χ1v) is 7.89. The zero-order valence-electron chi connectivity index (χ0n) is 13.1. The molecule has 2 fully saturated rings. The number of nitrogens with zero attached hydrogens (tertiary/aromatic N) is 2. The van der Waals surface area contributed by atoms with Crippen LogP contribution in [0.4, 0.5) is 0 Å². The number of carbonyl (C=O) groups is 1. The van der Waals surface area contributed by atoms with Crippen molar-refractivity contribution in [2.75, 3.05) is 46.4 Å². The van der Waals surface area contributed by atoms with Crippen molar-refractivity contribution in [2.24, 2.45) is 5.92 Å². The smallest absolute Gasteiger partial charge is 0.239 e. The van der Waals surface area contributed by atoms with Gasteiger partial charge in [-0.1, -0.05) is 0 Å². The Bertz CT molecular complexity index is 314. The summed E-state index contributed by atoms with van der Waals surface area (Å²) in [6.07, 6.45) is 2.53. The molecule has 1 heterocycles. The number of nitrogens with one attached hydrogen (secondary N) is 1. The molecule has 0 spiro atoms. The average Bonchev–Trinajstić information content (AvgIpc) is 3.32. The van der Waals surface area contributed by atoms with E-state index in [4.69, 9.17) is 4.74 Å². The molecule has 5 heteroatoms. The number of piperazine rings is 1. The zero-order valence-corrected chi connectivity index (χ0v) is 13.1. The normalized spacial score (nSPS) is 23.4. The third-order valence-corrected chi connectivity index (χ3v) is 4.67. The molecular formula is C15H29N3O2. The quantitative estimate of drug-likeness (QED) is 0.741. The first kappa shape index (κ1) is 15.7. The van der Waals surface area contributed by atoms with Gasteiger partial charge in [0.1, 0.15) is 0 Å². The summed E-state index contributed by atoms with van der Waals surface area (Å²) in [6.45, 7) is 9.46. The zero-order chi connectivity index (χ0) is 14.5. The second kappa shape index (κ2) is 7.38. The highest BCUT2D eigenvalue weighted by Crippen LogP contribution is 2.35. The molecule has 0 aromatic heterocycles. The molecule has 116 valence electrons. The van der Waals surface area contributed by atoms with Crippen molar-refractivity contribution in [2.45, 2.75) is 38.8 Å². The van der Waals surface area contributed by atoms with Gasteiger partial charge in [-0.2, -0.15) is 0 Å². The van der Waals surface area contributed by atoms with Crippen LogP contribution in [0.1, 0.15) is 26.7 Å². The molecule has 0 aromatic rings. The van der Waals surface area contributed by atoms with E-state index in [-0.39, 0.29) is 11.9 Å². The summed E-state index contributed by atoms with van der Waals surface area (Å²) >= 11 is 0. The summed E-state index contributed by atoms with van der Waals surface area (Å²) in [5.74, 6) is 0.967. The number of hydrogen-bond acceptors (Lipinski definition) is 4. The highest BCUT2D eigenvalue weighted by atomic mass is 16.5. The fourth-order valence-electron chi connectivity index (χ4n) is 3.00. The van der Waals surface area contributed by atoms with Gasteiger partial charge >= 0.3 is 0 Å². The first-order chi connectivity index (χ1) is 9.65. The van der Waals surface area contributed by atoms with Crippen molar-refractivity contribution >= 4 is 5.91 Å². The van der Waals surface area contributed by atoms with Crippen molar-refractivity contribution in [3.63, 3.8) is 0 Å². The Labute approximate surface area is 122 Å². The molecule has 0 aromatic carbocycles. The van der Waals surface area contributed by atoms with E-state index in [0.717, 1.165) is 26.2 Å². The first-order valence-electron chi connectivity index (χ1n) is 7.89. The van der Waals surface area contributed by atoms with Gasteiger partial charge in [-0.25, -0.2) is 0 Å². The van der Waals surface area contributed by atoms with E-state index in [0.29, 0.717) is 25.1 Å². The standard InChI is InChI=1S/C15H29N3O2/c1-12(14-4-5-14)18(10-11-20-3)15(19)13(2)17-8-6-16-7-9-17/h12-14,16H,4-11H2,1-3H3. The summed E-state index contributed by atoms with van der Waals surface area (Å²) in [5, 5.41) is 3.34. The van der Waals surface area contributed by atoms with E-state index in [1.807, 2.05) is 11.8 Å². The third kappa shape index (κ3) is 3.93. The lowest BCUT2D eigenvalue weighted by Gasteiger charge is -2.37. The van der Waals surface area contributed by atoms with E-state index in [1.165, 1.54) is 12.8 Å². The van der Waals surface area contributed by atoms with Crippen LogP contribution in [-0.4, -0.2) is 74.2 Å². The summed E-state index contributed by atoms with van der Waals surface area (Å²) in [7, 11) is 1.70. The van der Waals surface area contributed by atoms with Crippen molar-refractivity contribution in [1.82, 2.24) is 15.1 Å². The molecule has 2 atom stereocenters. The summed E-state index contributed by atoms with van der Waals surface area (Å²) in [4.78, 5) is 17.2. The lowest BCUT2D eigenvalue weighted by Crippen LogP contribution is -2.55. The molecule has 1 aliphatic heterocycles. The number of hydrogen-bond donors (Lipinski definition) is 1. The lowest BCUT2D eigenvalue weighted by molar-refractivity contribution is -0.140. The molecule has 0 bridgehead atoms. The predicted octanol–water partition coefficient (Wildman–Crippen LogP) is 0.554. The van der Waals surface area contributed by atoms with Crippen molar-refractivity contribution in [3.05, 3.63) is 0 Å².